The van der Waals surface area contributed by atoms with Crippen LogP contribution in [0.3, 0.4) is 0 Å². The Morgan fingerprint density at radius 3 is 2.15 bits per heavy atom. The Kier molecular flexibility index (Phi) is 8.94. The van der Waals surface area contributed by atoms with E-state index in [1.807, 2.05) is 4.90 Å². The molecule has 0 bridgehead atoms. The number of anilines is 1. The second-order valence-electron chi connectivity index (χ2n) is 10.2. The summed E-state index contributed by atoms with van der Waals surface area (Å²) in [7, 11) is -7.81. The summed E-state index contributed by atoms with van der Waals surface area (Å²) in [5.74, 6) is 0. The molecular weight excluding hydrogens is 600 g/mol. The van der Waals surface area contributed by atoms with Crippen molar-refractivity contribution in [2.75, 3.05) is 31.1 Å². The summed E-state index contributed by atoms with van der Waals surface area (Å²) >= 11 is 1.08. The summed E-state index contributed by atoms with van der Waals surface area (Å²) in [4.78, 5) is 1.90. The highest BCUT2D eigenvalue weighted by Gasteiger charge is 2.51. The molecule has 0 amide bonds. The number of hydrogen-bond donors (Lipinski definition) is 1. The van der Waals surface area contributed by atoms with Gasteiger partial charge >= 0.3 is 6.18 Å². The number of nitrogens with zero attached hydrogens (tertiary/aromatic N) is 3. The van der Waals surface area contributed by atoms with E-state index in [0.717, 1.165) is 11.3 Å². The lowest BCUT2D eigenvalue weighted by Gasteiger charge is -2.44. The van der Waals surface area contributed by atoms with Gasteiger partial charge in [0.15, 0.2) is 5.60 Å². The Morgan fingerprint density at radius 1 is 0.976 bits per heavy atom. The van der Waals surface area contributed by atoms with Crippen LogP contribution < -0.4 is 4.90 Å². The molecule has 3 aromatic rings. The van der Waals surface area contributed by atoms with Gasteiger partial charge < -0.3 is 10.0 Å². The SMILES string of the molecule is CC(C)N(C[C@H]1CN(S(=O)(=O)c2cccs2)CCN1c1ccc([C@](C)(O)C(F)(F)F)cc1)S(=O)(=O)c1ccccc1. The van der Waals surface area contributed by atoms with Crippen LogP contribution in [0.5, 0.6) is 0 Å². The molecule has 1 aliphatic heterocycles. The van der Waals surface area contributed by atoms with Gasteiger partial charge in [-0.1, -0.05) is 36.4 Å². The van der Waals surface area contributed by atoms with Crippen molar-refractivity contribution in [3.8, 4) is 0 Å². The highest BCUT2D eigenvalue weighted by Crippen LogP contribution is 2.39. The number of halogens is 3. The van der Waals surface area contributed by atoms with Gasteiger partial charge in [0.25, 0.3) is 10.0 Å². The first-order valence-electron chi connectivity index (χ1n) is 12.8. The lowest BCUT2D eigenvalue weighted by Crippen LogP contribution is -2.59. The molecule has 2 aromatic carbocycles. The van der Waals surface area contributed by atoms with Crippen LogP contribution in [-0.2, 0) is 25.6 Å². The van der Waals surface area contributed by atoms with Gasteiger partial charge in [-0.25, -0.2) is 16.8 Å². The van der Waals surface area contributed by atoms with E-state index in [4.69, 9.17) is 0 Å². The van der Waals surface area contributed by atoms with Crippen molar-refractivity contribution in [3.05, 3.63) is 77.7 Å². The van der Waals surface area contributed by atoms with E-state index in [0.29, 0.717) is 12.6 Å². The molecule has 0 radical (unpaired) electrons. The van der Waals surface area contributed by atoms with E-state index in [2.05, 4.69) is 0 Å². The van der Waals surface area contributed by atoms with Gasteiger partial charge in [-0.3, -0.25) is 0 Å². The predicted octanol–water partition coefficient (Wildman–Crippen LogP) is 4.50. The maximum atomic E-state index is 13.6. The van der Waals surface area contributed by atoms with Crippen LogP contribution in [0.1, 0.15) is 26.3 Å². The van der Waals surface area contributed by atoms with Crippen LogP contribution in [0.15, 0.2) is 81.2 Å². The molecular formula is C27H32F3N3O5S3. The molecule has 1 fully saturated rings. The van der Waals surface area contributed by atoms with E-state index in [9.17, 15) is 35.1 Å². The first kappa shape index (κ1) is 31.4. The molecule has 1 N–H and O–H groups in total. The van der Waals surface area contributed by atoms with Crippen LogP contribution >= 0.6 is 11.3 Å². The van der Waals surface area contributed by atoms with Crippen LogP contribution in [0.2, 0.25) is 0 Å². The second kappa shape index (κ2) is 11.7. The van der Waals surface area contributed by atoms with Gasteiger partial charge in [0.1, 0.15) is 4.21 Å². The van der Waals surface area contributed by atoms with Gasteiger partial charge in [0.05, 0.1) is 10.9 Å². The van der Waals surface area contributed by atoms with Crippen molar-refractivity contribution in [1.82, 2.24) is 8.61 Å². The number of alkyl halides is 3. The van der Waals surface area contributed by atoms with Crippen molar-refractivity contribution >= 4 is 37.1 Å². The predicted molar refractivity (Wildman–Crippen MR) is 152 cm³/mol. The largest absolute Gasteiger partial charge is 0.421 e. The summed E-state index contributed by atoms with van der Waals surface area (Å²) < 4.78 is 97.0. The number of piperazine rings is 1. The normalized spacial score (nSPS) is 19.0. The zero-order valence-electron chi connectivity index (χ0n) is 22.7. The number of hydrogen-bond acceptors (Lipinski definition) is 7. The van der Waals surface area contributed by atoms with E-state index in [-0.39, 0.29) is 40.8 Å². The average molecular weight is 632 g/mol. The van der Waals surface area contributed by atoms with Crippen molar-refractivity contribution < 1.29 is 35.1 Å². The Hall–Kier alpha value is -2.49. The fourth-order valence-corrected chi connectivity index (χ4v) is 9.05. The highest BCUT2D eigenvalue weighted by atomic mass is 32.2. The number of benzene rings is 2. The lowest BCUT2D eigenvalue weighted by atomic mass is 9.95. The Morgan fingerprint density at radius 2 is 1.61 bits per heavy atom. The fraction of sp³-hybridized carbons (Fsp3) is 0.407. The molecule has 4 rings (SSSR count). The summed E-state index contributed by atoms with van der Waals surface area (Å²) in [5, 5.41) is 11.7. The number of rotatable bonds is 9. The van der Waals surface area contributed by atoms with Gasteiger partial charge in [0.2, 0.25) is 10.0 Å². The smallest absolute Gasteiger partial charge is 0.376 e. The summed E-state index contributed by atoms with van der Waals surface area (Å²) in [5.41, 5.74) is -2.93. The highest BCUT2D eigenvalue weighted by molar-refractivity contribution is 7.91. The van der Waals surface area contributed by atoms with Gasteiger partial charge in [-0.2, -0.15) is 21.8 Å². The fourth-order valence-electron chi connectivity index (χ4n) is 4.74. The molecule has 2 atom stereocenters. The Bertz CT molecular complexity index is 1530. The number of thiophene rings is 1. The second-order valence-corrected chi connectivity index (χ2v) is 15.2. The molecule has 1 saturated heterocycles. The molecule has 1 aromatic heterocycles. The topological polar surface area (TPSA) is 98.2 Å². The van der Waals surface area contributed by atoms with E-state index in [1.165, 1.54) is 51.1 Å². The van der Waals surface area contributed by atoms with Gasteiger partial charge in [0, 0.05) is 37.9 Å². The van der Waals surface area contributed by atoms with Crippen molar-refractivity contribution in [1.29, 1.82) is 0 Å². The standard InChI is InChI=1S/C27H32F3N3O5S3/c1-20(2)33(40(35,36)24-8-5-4-6-9-24)19-23-18-31(41(37,38)25-10-7-17-39-25)15-16-32(23)22-13-11-21(12-14-22)26(3,34)27(28,29)30/h4-14,17,20,23,34H,15-16,18-19H2,1-3H3/t23-,26+/m1/s1. The summed E-state index contributed by atoms with van der Waals surface area (Å²) in [6, 6.07) is 15.1. The summed E-state index contributed by atoms with van der Waals surface area (Å²) in [6.45, 7) is 4.26. The molecule has 0 saturated carbocycles. The molecule has 0 aliphatic carbocycles. The first-order valence-corrected chi connectivity index (χ1v) is 16.6. The zero-order chi connectivity index (χ0) is 30.2. The van der Waals surface area contributed by atoms with Crippen molar-refractivity contribution in [3.63, 3.8) is 0 Å². The summed E-state index contributed by atoms with van der Waals surface area (Å²) in [6.07, 6.45) is -4.89. The van der Waals surface area contributed by atoms with Crippen LogP contribution in [0.4, 0.5) is 18.9 Å². The minimum absolute atomic E-state index is 0.0459. The van der Waals surface area contributed by atoms with E-state index >= 15 is 0 Å². The molecule has 14 heteroatoms. The van der Waals surface area contributed by atoms with Gasteiger partial charge in [-0.05, 0) is 62.0 Å². The lowest BCUT2D eigenvalue weighted by molar-refractivity contribution is -0.258. The molecule has 1 aliphatic rings. The third kappa shape index (κ3) is 6.32. The monoisotopic (exact) mass is 631 g/mol. The van der Waals surface area contributed by atoms with Crippen LogP contribution in [0.25, 0.3) is 0 Å². The minimum atomic E-state index is -4.89. The molecule has 224 valence electrons. The number of sulfonamides is 2. The molecule has 0 spiro atoms. The average Bonchev–Trinajstić information content (AvgIpc) is 3.47. The number of aliphatic hydroxyl groups is 1. The van der Waals surface area contributed by atoms with Crippen molar-refractivity contribution in [2.45, 2.75) is 53.7 Å². The molecule has 8 nitrogen and oxygen atoms in total. The van der Waals surface area contributed by atoms with E-state index < -0.39 is 43.9 Å². The Balaban J connectivity index is 1.71. The third-order valence-electron chi connectivity index (χ3n) is 7.16. The Labute approximate surface area is 242 Å². The van der Waals surface area contributed by atoms with Crippen molar-refractivity contribution in [2.24, 2.45) is 0 Å². The van der Waals surface area contributed by atoms with E-state index in [1.54, 1.807) is 43.5 Å². The van der Waals surface area contributed by atoms with Crippen LogP contribution in [0, 0.1) is 0 Å². The minimum Gasteiger partial charge on any atom is -0.376 e. The molecule has 2 heterocycles. The van der Waals surface area contributed by atoms with Crippen LogP contribution in [-0.4, -0.2) is 75.0 Å². The quantitative estimate of drug-likeness (QED) is 0.374. The first-order chi connectivity index (χ1) is 19.1. The zero-order valence-corrected chi connectivity index (χ0v) is 25.1. The maximum absolute atomic E-state index is 13.6. The molecule has 41 heavy (non-hydrogen) atoms. The molecule has 0 unspecified atom stereocenters. The third-order valence-corrected chi connectivity index (χ3v) is 12.5. The van der Waals surface area contributed by atoms with Gasteiger partial charge in [-0.15, -0.1) is 11.3 Å². The maximum Gasteiger partial charge on any atom is 0.421 e.